The number of para-hydroxylation sites is 3. The fourth-order valence-corrected chi connectivity index (χ4v) is 13.5. The van der Waals surface area contributed by atoms with Gasteiger partial charge in [-0.15, -0.1) is 0 Å². The van der Waals surface area contributed by atoms with Crippen molar-refractivity contribution in [2.45, 2.75) is 104 Å². The quantitative estimate of drug-likeness (QED) is 0.127. The third-order valence-corrected chi connectivity index (χ3v) is 18.2. The van der Waals surface area contributed by atoms with Crippen LogP contribution in [-0.2, 0) is 21.7 Å². The lowest BCUT2D eigenvalue weighted by molar-refractivity contribution is -0.570. The number of hydrogen-bond acceptors (Lipinski definition) is 3. The first-order valence-corrected chi connectivity index (χ1v) is 29.1. The van der Waals surface area contributed by atoms with Crippen LogP contribution in [0.25, 0.3) is 116 Å². The zero-order chi connectivity index (χ0) is 56.2. The summed E-state index contributed by atoms with van der Waals surface area (Å²) in [5.41, 5.74) is 22.5. The number of nitrogens with zero attached hydrogens (tertiary/aromatic N) is 4. The molecule has 9 aromatic carbocycles. The molecule has 5 heterocycles. The molecule has 6 heteroatoms. The van der Waals surface area contributed by atoms with E-state index in [2.05, 4.69) is 271 Å². The van der Waals surface area contributed by atoms with E-state index in [9.17, 15) is 0 Å². The maximum atomic E-state index is 7.01. The van der Waals surface area contributed by atoms with Gasteiger partial charge in [0.25, 0.3) is 6.33 Å². The van der Waals surface area contributed by atoms with Gasteiger partial charge in [0.05, 0.1) is 33.4 Å². The third-order valence-electron chi connectivity index (χ3n) is 18.2. The Bertz CT molecular complexity index is 4810. The van der Waals surface area contributed by atoms with Crippen LogP contribution in [0.3, 0.4) is 0 Å². The van der Waals surface area contributed by atoms with Gasteiger partial charge in [-0.3, -0.25) is 13.7 Å². The summed E-state index contributed by atoms with van der Waals surface area (Å²) in [4.78, 5) is 4.96. The van der Waals surface area contributed by atoms with E-state index in [0.29, 0.717) is 0 Å². The molecule has 0 unspecified atom stereocenters. The molecule has 0 saturated carbocycles. The van der Waals surface area contributed by atoms with Crippen LogP contribution in [0.1, 0.15) is 104 Å². The number of rotatable bonds is 5. The highest BCUT2D eigenvalue weighted by Gasteiger charge is 2.39. The van der Waals surface area contributed by atoms with Crippen LogP contribution in [0.4, 0.5) is 0 Å². The normalized spacial score (nSPS) is 14.6. The predicted molar refractivity (Wildman–Crippen MR) is 338 cm³/mol. The van der Waals surface area contributed by atoms with E-state index < -0.39 is 0 Å². The van der Waals surface area contributed by atoms with Crippen molar-refractivity contribution >= 4 is 54.8 Å². The molecule has 13 aromatic rings. The largest absolute Gasteiger partial charge is 0.458 e. The Labute approximate surface area is 479 Å². The second-order valence-corrected chi connectivity index (χ2v) is 26.5. The minimum Gasteiger partial charge on any atom is -0.458 e. The highest BCUT2D eigenvalue weighted by molar-refractivity contribution is 6.10. The molecule has 82 heavy (non-hydrogen) atoms. The van der Waals surface area contributed by atoms with Crippen LogP contribution in [0.15, 0.2) is 199 Å². The number of aromatic nitrogens is 4. The standard InChI is InChI=1S/C76H66N4O2/c1-73(2,3)47-33-36-77-70(40-47)80-65-27-15-13-23-55(65)56-31-30-51(42-66(56)80)81-50-20-17-19-49(41-50)78-45-79-71-52(46-29-32-69-61(37-46)57-24-14-16-28-68(57)82-69)25-18-26-58(71)60-44-64-63(75(7,8)34-35-76(64,9)10)43-59(60)53-21-11-12-22-54(53)62-38-48(74(4,5)6)39-67(78)72(62)79/h11-33,36-44H,34-35H2,1-10H3. The summed E-state index contributed by atoms with van der Waals surface area (Å²) in [5, 5.41) is 4.51. The van der Waals surface area contributed by atoms with Gasteiger partial charge in [0.1, 0.15) is 28.5 Å². The molecule has 0 bridgehead atoms. The molecular formula is C76H66N4O2. The van der Waals surface area contributed by atoms with Crippen LogP contribution < -0.4 is 9.30 Å². The summed E-state index contributed by atoms with van der Waals surface area (Å²) >= 11 is 0. The smallest absolute Gasteiger partial charge is 0.269 e. The van der Waals surface area contributed by atoms with Gasteiger partial charge in [-0.2, -0.15) is 0 Å². The number of fused-ring (bicyclic) bond motifs is 14. The first-order chi connectivity index (χ1) is 39.4. The van der Waals surface area contributed by atoms with Gasteiger partial charge in [0.2, 0.25) is 0 Å². The summed E-state index contributed by atoms with van der Waals surface area (Å²) in [5.74, 6) is 2.34. The molecule has 402 valence electrons. The summed E-state index contributed by atoms with van der Waals surface area (Å²) in [6, 6.07) is 69.0. The first kappa shape index (κ1) is 50.0. The van der Waals surface area contributed by atoms with E-state index in [1.807, 2.05) is 12.3 Å². The Kier molecular flexibility index (Phi) is 10.8. The lowest BCUT2D eigenvalue weighted by Crippen LogP contribution is -2.34. The molecule has 2 aliphatic rings. The van der Waals surface area contributed by atoms with E-state index >= 15 is 0 Å². The minimum absolute atomic E-state index is 0.00579. The van der Waals surface area contributed by atoms with Gasteiger partial charge in [0.15, 0.2) is 0 Å². The van der Waals surface area contributed by atoms with Crippen molar-refractivity contribution in [1.29, 1.82) is 0 Å². The number of ether oxygens (including phenoxy) is 1. The number of pyridine rings is 1. The number of imidazole rings is 1. The average molecular weight is 1070 g/mol. The average Bonchev–Trinajstić information content (AvgIpc) is 1.89. The highest BCUT2D eigenvalue weighted by Crippen LogP contribution is 2.53. The monoisotopic (exact) mass is 1070 g/mol. The molecule has 0 fully saturated rings. The van der Waals surface area contributed by atoms with Crippen molar-refractivity contribution in [2.24, 2.45) is 0 Å². The number of hydrogen-bond donors (Lipinski definition) is 0. The minimum atomic E-state index is -0.188. The van der Waals surface area contributed by atoms with Crippen molar-refractivity contribution in [2.75, 3.05) is 0 Å². The second-order valence-electron chi connectivity index (χ2n) is 26.5. The van der Waals surface area contributed by atoms with Crippen LogP contribution in [0.5, 0.6) is 11.5 Å². The lowest BCUT2D eigenvalue weighted by atomic mass is 9.62. The second kappa shape index (κ2) is 17.7. The SMILES string of the molecule is CC(C)(C)c1ccnc(-n2c3ccccc3c3ccc(Oc4cccc(-n5[c-][n+]6c7c(cc(C(C)(C)C)cc75)-c5ccccc5-c5cc7c(cc5-c5cccc(-c8ccc9oc%10ccccc%10c9c8)c5-6)C(C)(C)CCC7(C)C)c4)cc32)c1. The van der Waals surface area contributed by atoms with E-state index in [1.165, 1.54) is 49.9 Å². The summed E-state index contributed by atoms with van der Waals surface area (Å²) < 4.78 is 20.4. The topological polar surface area (TPSA) is 49.0 Å². The summed E-state index contributed by atoms with van der Waals surface area (Å²) in [6.45, 7) is 23.5. The molecule has 0 amide bonds. The Morgan fingerprint density at radius 3 is 1.89 bits per heavy atom. The Morgan fingerprint density at radius 1 is 0.488 bits per heavy atom. The maximum absolute atomic E-state index is 7.01. The van der Waals surface area contributed by atoms with E-state index in [4.69, 9.17) is 14.1 Å². The van der Waals surface area contributed by atoms with Crippen molar-refractivity contribution < 1.29 is 13.7 Å². The summed E-state index contributed by atoms with van der Waals surface area (Å²) in [6.07, 6.45) is 8.30. The van der Waals surface area contributed by atoms with Crippen LogP contribution in [-0.4, -0.2) is 14.1 Å². The van der Waals surface area contributed by atoms with Crippen molar-refractivity contribution in [1.82, 2.24) is 14.1 Å². The van der Waals surface area contributed by atoms with Crippen molar-refractivity contribution in [3.63, 3.8) is 0 Å². The first-order valence-electron chi connectivity index (χ1n) is 29.1. The molecule has 0 radical (unpaired) electrons. The lowest BCUT2D eigenvalue weighted by Gasteiger charge is -2.42. The van der Waals surface area contributed by atoms with Gasteiger partial charge in [0, 0.05) is 33.8 Å². The highest BCUT2D eigenvalue weighted by atomic mass is 16.5. The molecule has 4 aromatic heterocycles. The van der Waals surface area contributed by atoms with E-state index in [0.717, 1.165) is 113 Å². The number of furan rings is 1. The van der Waals surface area contributed by atoms with Gasteiger partial charge in [-0.1, -0.05) is 172 Å². The van der Waals surface area contributed by atoms with Crippen molar-refractivity contribution in [3.05, 3.63) is 223 Å². The van der Waals surface area contributed by atoms with Crippen LogP contribution >= 0.6 is 0 Å². The van der Waals surface area contributed by atoms with Crippen LogP contribution in [0, 0.1) is 6.33 Å². The molecular weight excluding hydrogens is 1000 g/mol. The Hall–Kier alpha value is -9.00. The maximum Gasteiger partial charge on any atom is 0.269 e. The van der Waals surface area contributed by atoms with Crippen LogP contribution in [0.2, 0.25) is 0 Å². The van der Waals surface area contributed by atoms with Gasteiger partial charge in [-0.25, -0.2) is 4.98 Å². The van der Waals surface area contributed by atoms with Gasteiger partial charge >= 0.3 is 0 Å². The van der Waals surface area contributed by atoms with Gasteiger partial charge in [-0.05, 0) is 180 Å². The zero-order valence-electron chi connectivity index (χ0n) is 48.5. The molecule has 0 saturated heterocycles. The Morgan fingerprint density at radius 2 is 1.12 bits per heavy atom. The molecule has 1 aliphatic heterocycles. The van der Waals surface area contributed by atoms with Crippen molar-refractivity contribution in [3.8, 4) is 73.2 Å². The number of benzene rings is 9. The molecule has 0 spiro atoms. The van der Waals surface area contributed by atoms with E-state index in [1.54, 1.807) is 0 Å². The Balaban J connectivity index is 0.980. The third kappa shape index (κ3) is 7.81. The molecule has 6 nitrogen and oxygen atoms in total. The van der Waals surface area contributed by atoms with Gasteiger partial charge < -0.3 is 9.15 Å². The molecule has 0 N–H and O–H groups in total. The fourth-order valence-electron chi connectivity index (χ4n) is 13.5. The molecule has 1 aliphatic carbocycles. The zero-order valence-corrected chi connectivity index (χ0v) is 48.5. The molecule has 0 atom stereocenters. The summed E-state index contributed by atoms with van der Waals surface area (Å²) in [7, 11) is 0. The predicted octanol–water partition coefficient (Wildman–Crippen LogP) is 19.8. The fraction of sp³-hybridized carbons (Fsp3) is 0.211. The van der Waals surface area contributed by atoms with E-state index in [-0.39, 0.29) is 21.7 Å². The molecule has 15 rings (SSSR count).